The van der Waals surface area contributed by atoms with Crippen LogP contribution in [0.2, 0.25) is 0 Å². The summed E-state index contributed by atoms with van der Waals surface area (Å²) in [6.07, 6.45) is 0. The maximum atomic E-state index is 12.5. The van der Waals surface area contributed by atoms with Crippen molar-refractivity contribution >= 4 is 54.9 Å². The van der Waals surface area contributed by atoms with Gasteiger partial charge in [-0.1, -0.05) is 70.3 Å². The zero-order valence-electron chi connectivity index (χ0n) is 19.8. The Morgan fingerprint density at radius 2 is 1.06 bits per heavy atom. The highest BCUT2D eigenvalue weighted by Gasteiger charge is 2.19. The van der Waals surface area contributed by atoms with Crippen LogP contribution in [0.3, 0.4) is 0 Å². The Labute approximate surface area is 219 Å². The van der Waals surface area contributed by atoms with E-state index in [1.807, 2.05) is 13.8 Å². The molecule has 2 aromatic carbocycles. The van der Waals surface area contributed by atoms with Gasteiger partial charge in [0, 0.05) is 23.6 Å². The monoisotopic (exact) mass is 572 g/mol. The van der Waals surface area contributed by atoms with Crippen molar-refractivity contribution in [3.63, 3.8) is 0 Å². The molecule has 0 aliphatic carbocycles. The van der Waals surface area contributed by atoms with E-state index in [-0.39, 0.29) is 21.9 Å². The van der Waals surface area contributed by atoms with Crippen LogP contribution in [0.15, 0.2) is 67.0 Å². The number of aryl methyl sites for hydroxylation is 2. The Hall–Kier alpha value is -1.48. The van der Waals surface area contributed by atoms with Gasteiger partial charge >= 0.3 is 0 Å². The van der Waals surface area contributed by atoms with Crippen LogP contribution in [-0.2, 0) is 20.0 Å². The third kappa shape index (κ3) is 8.55. The van der Waals surface area contributed by atoms with Gasteiger partial charge in [0.25, 0.3) is 0 Å². The van der Waals surface area contributed by atoms with E-state index < -0.39 is 20.0 Å². The minimum atomic E-state index is -3.59. The largest absolute Gasteiger partial charge is 0.240 e. The molecule has 0 amide bonds. The molecular weight excluding hydrogens is 545 g/mol. The zero-order valence-corrected chi connectivity index (χ0v) is 23.8. The maximum Gasteiger partial charge on any atom is 0.240 e. The second-order valence-corrected chi connectivity index (χ2v) is 15.1. The summed E-state index contributed by atoms with van der Waals surface area (Å²) >= 11 is 4.24. The molecule has 3 rings (SSSR count). The summed E-state index contributed by atoms with van der Waals surface area (Å²) in [7, 11) is -7.17. The lowest BCUT2D eigenvalue weighted by atomic mass is 10.2. The van der Waals surface area contributed by atoms with Gasteiger partial charge in [-0.2, -0.15) is 0 Å². The quantitative estimate of drug-likeness (QED) is 0.312. The minimum Gasteiger partial charge on any atom is -0.208 e. The third-order valence-electron chi connectivity index (χ3n) is 4.68. The van der Waals surface area contributed by atoms with E-state index in [1.54, 1.807) is 62.4 Å². The number of hydrogen-bond acceptors (Lipinski definition) is 9. The molecule has 0 aliphatic rings. The molecule has 0 saturated carbocycles. The number of hydrogen-bond donors (Lipinski definition) is 2. The van der Waals surface area contributed by atoms with Crippen LogP contribution in [0.5, 0.6) is 0 Å². The molecule has 0 aliphatic heterocycles. The van der Waals surface area contributed by atoms with Gasteiger partial charge in [0.15, 0.2) is 8.68 Å². The predicted octanol–water partition coefficient (Wildman–Crippen LogP) is 4.07. The summed E-state index contributed by atoms with van der Waals surface area (Å²) in [6.45, 7) is 7.42. The highest BCUT2D eigenvalue weighted by molar-refractivity contribution is 8.03. The second kappa shape index (κ2) is 12.2. The van der Waals surface area contributed by atoms with Crippen LogP contribution in [0, 0.1) is 13.8 Å². The number of sulfonamides is 2. The van der Waals surface area contributed by atoms with Gasteiger partial charge in [-0.05, 0) is 52.0 Å². The first-order chi connectivity index (χ1) is 16.4. The smallest absolute Gasteiger partial charge is 0.208 e. The van der Waals surface area contributed by atoms with Crippen LogP contribution >= 0.6 is 34.9 Å². The van der Waals surface area contributed by atoms with Crippen molar-refractivity contribution in [3.05, 3.63) is 59.7 Å². The normalized spacial score (nSPS) is 14.1. The van der Waals surface area contributed by atoms with E-state index in [0.717, 1.165) is 19.8 Å². The van der Waals surface area contributed by atoms with Gasteiger partial charge in [-0.3, -0.25) is 0 Å². The van der Waals surface area contributed by atoms with Crippen LogP contribution in [0.4, 0.5) is 0 Å². The molecule has 1 aromatic heterocycles. The summed E-state index contributed by atoms with van der Waals surface area (Å²) < 4.78 is 56.9. The van der Waals surface area contributed by atoms with Crippen molar-refractivity contribution in [2.24, 2.45) is 0 Å². The molecule has 0 radical (unpaired) electrons. The second-order valence-electron chi connectivity index (χ2n) is 8.13. The zero-order chi connectivity index (χ0) is 25.6. The number of rotatable bonds is 12. The van der Waals surface area contributed by atoms with E-state index in [9.17, 15) is 16.8 Å². The first-order valence-corrected chi connectivity index (χ1v) is 16.5. The van der Waals surface area contributed by atoms with E-state index >= 15 is 0 Å². The van der Waals surface area contributed by atoms with Crippen molar-refractivity contribution < 1.29 is 16.8 Å². The molecule has 2 N–H and O–H groups in total. The Bertz CT molecular complexity index is 1220. The number of nitrogens with one attached hydrogen (secondary N) is 2. The number of nitrogens with zero attached hydrogens (tertiary/aromatic N) is 2. The van der Waals surface area contributed by atoms with Gasteiger partial charge < -0.3 is 0 Å². The van der Waals surface area contributed by atoms with Crippen LogP contribution in [0.25, 0.3) is 0 Å². The van der Waals surface area contributed by atoms with Crippen molar-refractivity contribution in [1.82, 2.24) is 19.6 Å². The van der Waals surface area contributed by atoms with Crippen molar-refractivity contribution in [2.45, 2.75) is 58.2 Å². The van der Waals surface area contributed by atoms with Crippen LogP contribution < -0.4 is 9.44 Å². The van der Waals surface area contributed by atoms with Gasteiger partial charge in [0.2, 0.25) is 20.0 Å². The lowest BCUT2D eigenvalue weighted by molar-refractivity contribution is 0.569. The molecular formula is C22H28N4O4S5. The van der Waals surface area contributed by atoms with Gasteiger partial charge in [0.05, 0.1) is 9.79 Å². The summed E-state index contributed by atoms with van der Waals surface area (Å²) in [5, 5.41) is 8.31. The lowest BCUT2D eigenvalue weighted by Gasteiger charge is -2.13. The first kappa shape index (κ1) is 28.1. The molecule has 3 aromatic rings. The van der Waals surface area contributed by atoms with E-state index in [2.05, 4.69) is 19.6 Å². The lowest BCUT2D eigenvalue weighted by Crippen LogP contribution is -2.34. The summed E-state index contributed by atoms with van der Waals surface area (Å²) in [6, 6.07) is 12.8. The Kier molecular flexibility index (Phi) is 9.77. The average molecular weight is 573 g/mol. The summed E-state index contributed by atoms with van der Waals surface area (Å²) in [5.41, 5.74) is 1.99. The number of benzene rings is 2. The molecule has 2 atom stereocenters. The van der Waals surface area contributed by atoms with Gasteiger partial charge in [-0.25, -0.2) is 26.3 Å². The van der Waals surface area contributed by atoms with Gasteiger partial charge in [0.1, 0.15) is 0 Å². The molecule has 190 valence electrons. The van der Waals surface area contributed by atoms with Crippen LogP contribution in [0.1, 0.15) is 25.0 Å². The molecule has 1 heterocycles. The standard InChI is InChI=1S/C22H28N4O4S5/c1-15-5-9-19(10-6-15)34(27,28)25-17(3)13-31-21-23-24-22(33-21)32-14-18(4)26-35(29,30)20-11-7-16(2)8-12-20/h5-12,17-18,25-26H,13-14H2,1-4H3/t17-,18-/m1/s1. The van der Waals surface area contributed by atoms with Crippen molar-refractivity contribution in [2.75, 3.05) is 11.5 Å². The van der Waals surface area contributed by atoms with E-state index in [0.29, 0.717) is 11.5 Å². The van der Waals surface area contributed by atoms with Crippen molar-refractivity contribution in [3.8, 4) is 0 Å². The van der Waals surface area contributed by atoms with Gasteiger partial charge in [-0.15, -0.1) is 10.2 Å². The molecule has 0 spiro atoms. The predicted molar refractivity (Wildman–Crippen MR) is 143 cm³/mol. The van der Waals surface area contributed by atoms with E-state index in [1.165, 1.54) is 34.9 Å². The topological polar surface area (TPSA) is 118 Å². The Morgan fingerprint density at radius 1 is 0.714 bits per heavy atom. The molecule has 0 saturated heterocycles. The maximum absolute atomic E-state index is 12.5. The number of thioether (sulfide) groups is 2. The summed E-state index contributed by atoms with van der Waals surface area (Å²) in [5.74, 6) is 0.994. The van der Waals surface area contributed by atoms with E-state index in [4.69, 9.17) is 0 Å². The molecule has 0 unspecified atom stereocenters. The molecule has 0 bridgehead atoms. The summed E-state index contributed by atoms with van der Waals surface area (Å²) in [4.78, 5) is 0.475. The molecule has 8 nitrogen and oxygen atoms in total. The highest BCUT2D eigenvalue weighted by atomic mass is 32.2. The molecule has 13 heteroatoms. The van der Waals surface area contributed by atoms with Crippen molar-refractivity contribution in [1.29, 1.82) is 0 Å². The van der Waals surface area contributed by atoms with Crippen LogP contribution in [-0.4, -0.2) is 50.6 Å². The minimum absolute atomic E-state index is 0.238. The molecule has 0 fully saturated rings. The SMILES string of the molecule is Cc1ccc(S(=O)(=O)N[C@H](C)CSc2nnc(SC[C@@H](C)NS(=O)(=O)c3ccc(C)cc3)s2)cc1. The Balaban J connectivity index is 1.46. The fraction of sp³-hybridized carbons (Fsp3) is 0.364. The molecule has 35 heavy (non-hydrogen) atoms. The third-order valence-corrected chi connectivity index (χ3v) is 11.6. The average Bonchev–Trinajstić information content (AvgIpc) is 3.24. The first-order valence-electron chi connectivity index (χ1n) is 10.7. The fourth-order valence-electron chi connectivity index (χ4n) is 2.88. The fourth-order valence-corrected chi connectivity index (χ4v) is 8.55. The highest BCUT2D eigenvalue weighted by Crippen LogP contribution is 2.29. The Morgan fingerprint density at radius 3 is 1.40 bits per heavy atom. The number of aromatic nitrogens is 2.